The number of nitrogens with one attached hydrogen (secondary N) is 3. The number of anilines is 1. The van der Waals surface area contributed by atoms with Crippen LogP contribution in [0.3, 0.4) is 0 Å². The highest BCUT2D eigenvalue weighted by molar-refractivity contribution is 8.01. The summed E-state index contributed by atoms with van der Waals surface area (Å²) in [6.45, 7) is 6.10. The van der Waals surface area contributed by atoms with E-state index in [2.05, 4.69) is 26.1 Å². The Balaban J connectivity index is 2.19. The molecular formula is C16H21N5O2S2. The zero-order valence-corrected chi connectivity index (χ0v) is 16.1. The number of thioether (sulfide) groups is 1. The lowest BCUT2D eigenvalue weighted by atomic mass is 10.1. The van der Waals surface area contributed by atoms with Crippen molar-refractivity contribution in [3.05, 3.63) is 35.9 Å². The molecule has 1 aromatic heterocycles. The molecule has 1 atom stereocenters. The van der Waals surface area contributed by atoms with Crippen LogP contribution in [0, 0.1) is 0 Å². The van der Waals surface area contributed by atoms with Gasteiger partial charge in [-0.05, 0) is 26.3 Å². The highest BCUT2D eigenvalue weighted by Gasteiger charge is 2.25. The van der Waals surface area contributed by atoms with Crippen LogP contribution in [-0.4, -0.2) is 34.7 Å². The quantitative estimate of drug-likeness (QED) is 0.691. The molecule has 0 fully saturated rings. The maximum absolute atomic E-state index is 12.5. The van der Waals surface area contributed by atoms with Crippen LogP contribution in [0.5, 0.6) is 0 Å². The van der Waals surface area contributed by atoms with Crippen LogP contribution >= 0.6 is 23.1 Å². The number of rotatable bonds is 5. The van der Waals surface area contributed by atoms with Crippen LogP contribution in [-0.2, 0) is 4.79 Å². The van der Waals surface area contributed by atoms with Crippen LogP contribution in [0.15, 0.2) is 34.7 Å². The molecule has 0 radical (unpaired) electrons. The number of imide groups is 1. The predicted octanol–water partition coefficient (Wildman–Crippen LogP) is 3.04. The normalized spacial score (nSPS) is 12.3. The Morgan fingerprint density at radius 1 is 1.16 bits per heavy atom. The van der Waals surface area contributed by atoms with Crippen molar-refractivity contribution in [1.82, 2.24) is 20.8 Å². The van der Waals surface area contributed by atoms with Gasteiger partial charge in [-0.15, -0.1) is 10.2 Å². The maximum Gasteiger partial charge on any atom is 0.321 e. The number of carbonyl (C=O) groups excluding carboxylic acids is 2. The molecule has 3 amide bonds. The SMILES string of the molecule is CNC(=O)NC(=O)C(Sc1nnc(NC(C)(C)C)s1)c1ccccc1. The number of benzene rings is 1. The number of aromatic nitrogens is 2. The minimum absolute atomic E-state index is 0.128. The van der Waals surface area contributed by atoms with Crippen molar-refractivity contribution in [2.45, 2.75) is 35.9 Å². The lowest BCUT2D eigenvalue weighted by Gasteiger charge is -2.18. The maximum atomic E-state index is 12.5. The molecule has 0 spiro atoms. The Hall–Kier alpha value is -2.13. The molecule has 7 nitrogen and oxygen atoms in total. The first kappa shape index (κ1) is 19.2. The largest absolute Gasteiger partial charge is 0.355 e. The van der Waals surface area contributed by atoms with Gasteiger partial charge in [-0.3, -0.25) is 10.1 Å². The lowest BCUT2D eigenvalue weighted by Crippen LogP contribution is -2.39. The molecule has 0 aliphatic rings. The van der Waals surface area contributed by atoms with Crippen LogP contribution < -0.4 is 16.0 Å². The molecule has 0 bridgehead atoms. The first-order valence-electron chi connectivity index (χ1n) is 7.64. The van der Waals surface area contributed by atoms with Gasteiger partial charge in [0, 0.05) is 12.6 Å². The summed E-state index contributed by atoms with van der Waals surface area (Å²) >= 11 is 2.64. The second-order valence-corrected chi connectivity index (χ2v) is 8.55. The molecule has 2 aromatic rings. The summed E-state index contributed by atoms with van der Waals surface area (Å²) < 4.78 is 0.646. The molecule has 0 saturated carbocycles. The third-order valence-electron chi connectivity index (χ3n) is 2.91. The summed E-state index contributed by atoms with van der Waals surface area (Å²) in [6.07, 6.45) is 0. The topological polar surface area (TPSA) is 96.0 Å². The molecule has 2 rings (SSSR count). The van der Waals surface area contributed by atoms with Gasteiger partial charge < -0.3 is 10.6 Å². The van der Waals surface area contributed by atoms with E-state index < -0.39 is 17.2 Å². The van der Waals surface area contributed by atoms with Crippen molar-refractivity contribution in [2.75, 3.05) is 12.4 Å². The molecule has 134 valence electrons. The third kappa shape index (κ3) is 6.02. The molecular weight excluding hydrogens is 358 g/mol. The van der Waals surface area contributed by atoms with E-state index in [4.69, 9.17) is 0 Å². The summed E-state index contributed by atoms with van der Waals surface area (Å²) in [5.74, 6) is -0.406. The van der Waals surface area contributed by atoms with Crippen LogP contribution in [0.25, 0.3) is 0 Å². The van der Waals surface area contributed by atoms with Gasteiger partial charge in [0.1, 0.15) is 5.25 Å². The summed E-state index contributed by atoms with van der Waals surface area (Å²) in [5.41, 5.74) is 0.658. The fraction of sp³-hybridized carbons (Fsp3) is 0.375. The molecule has 0 aliphatic heterocycles. The number of hydrogen-bond acceptors (Lipinski definition) is 7. The zero-order chi connectivity index (χ0) is 18.4. The lowest BCUT2D eigenvalue weighted by molar-refractivity contribution is -0.119. The van der Waals surface area contributed by atoms with E-state index in [1.54, 1.807) is 0 Å². The first-order valence-corrected chi connectivity index (χ1v) is 9.34. The number of nitrogens with zero attached hydrogens (tertiary/aromatic N) is 2. The average Bonchev–Trinajstić information content (AvgIpc) is 2.98. The predicted molar refractivity (Wildman–Crippen MR) is 101 cm³/mol. The Morgan fingerprint density at radius 2 is 1.84 bits per heavy atom. The van der Waals surface area contributed by atoms with Crippen LogP contribution in [0.2, 0.25) is 0 Å². The number of amides is 3. The molecule has 25 heavy (non-hydrogen) atoms. The first-order chi connectivity index (χ1) is 11.8. The smallest absolute Gasteiger partial charge is 0.321 e. The molecule has 1 heterocycles. The average molecular weight is 380 g/mol. The van der Waals surface area contributed by atoms with E-state index >= 15 is 0 Å². The molecule has 1 unspecified atom stereocenters. The van der Waals surface area contributed by atoms with Crippen molar-refractivity contribution in [2.24, 2.45) is 0 Å². The number of urea groups is 1. The standard InChI is InChI=1S/C16H21N5O2S2/c1-16(2,3)19-14-20-21-15(25-14)24-11(10-8-6-5-7-9-10)12(22)18-13(23)17-4/h5-9,11H,1-4H3,(H,19,20)(H2,17,18,22,23). The van der Waals surface area contributed by atoms with Gasteiger partial charge in [0.05, 0.1) is 0 Å². The van der Waals surface area contributed by atoms with E-state index in [-0.39, 0.29) is 5.54 Å². The van der Waals surface area contributed by atoms with Crippen molar-refractivity contribution >= 4 is 40.2 Å². The Labute approximate surface area is 155 Å². The summed E-state index contributed by atoms with van der Waals surface area (Å²) in [7, 11) is 1.46. The number of carbonyl (C=O) groups is 2. The van der Waals surface area contributed by atoms with E-state index in [0.717, 1.165) is 5.56 Å². The van der Waals surface area contributed by atoms with E-state index in [9.17, 15) is 9.59 Å². The third-order valence-corrected chi connectivity index (χ3v) is 5.09. The van der Waals surface area contributed by atoms with Gasteiger partial charge >= 0.3 is 6.03 Å². The van der Waals surface area contributed by atoms with Gasteiger partial charge in [0.25, 0.3) is 0 Å². The second-order valence-electron chi connectivity index (χ2n) is 6.23. The van der Waals surface area contributed by atoms with Gasteiger partial charge in [0.15, 0.2) is 4.34 Å². The Bertz CT molecular complexity index is 728. The molecule has 9 heteroatoms. The van der Waals surface area contributed by atoms with Gasteiger partial charge in [-0.25, -0.2) is 4.79 Å². The number of hydrogen-bond donors (Lipinski definition) is 3. The van der Waals surface area contributed by atoms with E-state index in [1.807, 2.05) is 51.1 Å². The summed E-state index contributed by atoms with van der Waals surface area (Å²) in [5, 5.41) is 16.3. The monoisotopic (exact) mass is 379 g/mol. The van der Waals surface area contributed by atoms with E-state index in [1.165, 1.54) is 30.1 Å². The van der Waals surface area contributed by atoms with Crippen LogP contribution in [0.1, 0.15) is 31.6 Å². The van der Waals surface area contributed by atoms with Crippen molar-refractivity contribution in [3.8, 4) is 0 Å². The zero-order valence-electron chi connectivity index (χ0n) is 14.5. The molecule has 1 aromatic carbocycles. The van der Waals surface area contributed by atoms with Crippen molar-refractivity contribution in [3.63, 3.8) is 0 Å². The van der Waals surface area contributed by atoms with Crippen molar-refractivity contribution in [1.29, 1.82) is 0 Å². The van der Waals surface area contributed by atoms with Crippen molar-refractivity contribution < 1.29 is 9.59 Å². The minimum Gasteiger partial charge on any atom is -0.355 e. The van der Waals surface area contributed by atoms with Crippen LogP contribution in [0.4, 0.5) is 9.93 Å². The molecule has 3 N–H and O–H groups in total. The molecule has 0 aliphatic carbocycles. The Morgan fingerprint density at radius 3 is 2.44 bits per heavy atom. The fourth-order valence-electron chi connectivity index (χ4n) is 1.87. The highest BCUT2D eigenvalue weighted by Crippen LogP contribution is 2.38. The Kier molecular flexibility index (Phi) is 6.38. The van der Waals surface area contributed by atoms with E-state index in [0.29, 0.717) is 9.47 Å². The summed E-state index contributed by atoms with van der Waals surface area (Å²) in [4.78, 5) is 24.0. The fourth-order valence-corrected chi connectivity index (χ4v) is 4.02. The van der Waals surface area contributed by atoms with Gasteiger partial charge in [0.2, 0.25) is 11.0 Å². The minimum atomic E-state index is -0.603. The highest BCUT2D eigenvalue weighted by atomic mass is 32.2. The summed E-state index contributed by atoms with van der Waals surface area (Å²) in [6, 6.07) is 8.72. The van der Waals surface area contributed by atoms with Gasteiger partial charge in [-0.2, -0.15) is 0 Å². The molecule has 0 saturated heterocycles. The van der Waals surface area contributed by atoms with Gasteiger partial charge in [-0.1, -0.05) is 53.4 Å². The second kappa shape index (κ2) is 8.30.